The van der Waals surface area contributed by atoms with Gasteiger partial charge in [0.2, 0.25) is 0 Å². The van der Waals surface area contributed by atoms with Gasteiger partial charge >= 0.3 is 0 Å². The first-order valence-corrected chi connectivity index (χ1v) is 6.96. The van der Waals surface area contributed by atoms with Gasteiger partial charge in [0.15, 0.2) is 0 Å². The van der Waals surface area contributed by atoms with Gasteiger partial charge in [-0.3, -0.25) is 0 Å². The van der Waals surface area contributed by atoms with Crippen molar-refractivity contribution >= 4 is 0 Å². The highest BCUT2D eigenvalue weighted by Gasteiger charge is 2.38. The number of rotatable bonds is 3. The molecule has 2 rings (SSSR count). The molecule has 0 aromatic heterocycles. The number of nitrogens with two attached hydrogens (primary N) is 1. The van der Waals surface area contributed by atoms with Crippen molar-refractivity contribution in [3.05, 3.63) is 35.9 Å². The SMILES string of the molecule is CC(C)CC1(N)CCCCC1c1ccccc1. The lowest BCUT2D eigenvalue weighted by Gasteiger charge is -2.43. The molecule has 0 saturated heterocycles. The predicted molar refractivity (Wildman–Crippen MR) is 74.0 cm³/mol. The monoisotopic (exact) mass is 231 g/mol. The first-order valence-electron chi connectivity index (χ1n) is 6.96. The largest absolute Gasteiger partial charge is 0.325 e. The lowest BCUT2D eigenvalue weighted by molar-refractivity contribution is 0.212. The average molecular weight is 231 g/mol. The second kappa shape index (κ2) is 5.22. The van der Waals surface area contributed by atoms with Crippen LogP contribution in [-0.2, 0) is 0 Å². The Morgan fingerprint density at radius 3 is 2.59 bits per heavy atom. The summed E-state index contributed by atoms with van der Waals surface area (Å²) in [4.78, 5) is 0. The van der Waals surface area contributed by atoms with Crippen LogP contribution >= 0.6 is 0 Å². The number of hydrogen-bond donors (Lipinski definition) is 1. The van der Waals surface area contributed by atoms with Crippen molar-refractivity contribution in [1.29, 1.82) is 0 Å². The predicted octanol–water partition coefficient (Wildman–Crippen LogP) is 4.09. The molecule has 0 heterocycles. The molecule has 2 atom stereocenters. The molecular formula is C16H25N. The van der Waals surface area contributed by atoms with Crippen LogP contribution in [0.1, 0.15) is 57.4 Å². The summed E-state index contributed by atoms with van der Waals surface area (Å²) >= 11 is 0. The van der Waals surface area contributed by atoms with Gasteiger partial charge in [-0.1, -0.05) is 57.0 Å². The summed E-state index contributed by atoms with van der Waals surface area (Å²) in [5.74, 6) is 1.24. The van der Waals surface area contributed by atoms with Crippen molar-refractivity contribution in [2.24, 2.45) is 11.7 Å². The summed E-state index contributed by atoms with van der Waals surface area (Å²) in [6.45, 7) is 4.57. The first kappa shape index (κ1) is 12.6. The number of benzene rings is 1. The lowest BCUT2D eigenvalue weighted by atomic mass is 9.67. The Morgan fingerprint density at radius 1 is 1.24 bits per heavy atom. The second-order valence-corrected chi connectivity index (χ2v) is 6.04. The standard InChI is InChI=1S/C16H25N/c1-13(2)12-16(17)11-7-6-10-15(16)14-8-4-3-5-9-14/h3-5,8-9,13,15H,6-7,10-12,17H2,1-2H3. The van der Waals surface area contributed by atoms with Crippen LogP contribution in [-0.4, -0.2) is 5.54 Å². The minimum atomic E-state index is 0.0216. The maximum Gasteiger partial charge on any atom is 0.0226 e. The fourth-order valence-corrected chi connectivity index (χ4v) is 3.45. The van der Waals surface area contributed by atoms with Crippen LogP contribution < -0.4 is 5.73 Å². The quantitative estimate of drug-likeness (QED) is 0.833. The molecule has 2 unspecified atom stereocenters. The zero-order valence-corrected chi connectivity index (χ0v) is 11.2. The molecule has 1 aromatic carbocycles. The van der Waals surface area contributed by atoms with Crippen molar-refractivity contribution in [2.75, 3.05) is 0 Å². The molecule has 1 aliphatic carbocycles. The van der Waals surface area contributed by atoms with E-state index in [4.69, 9.17) is 5.73 Å². The highest BCUT2D eigenvalue weighted by molar-refractivity contribution is 5.24. The van der Waals surface area contributed by atoms with E-state index >= 15 is 0 Å². The van der Waals surface area contributed by atoms with E-state index in [1.807, 2.05) is 0 Å². The Bertz CT molecular complexity index is 344. The van der Waals surface area contributed by atoms with E-state index in [1.54, 1.807) is 0 Å². The minimum absolute atomic E-state index is 0.0216. The van der Waals surface area contributed by atoms with Crippen LogP contribution in [0.2, 0.25) is 0 Å². The van der Waals surface area contributed by atoms with Crippen molar-refractivity contribution < 1.29 is 0 Å². The third kappa shape index (κ3) is 2.90. The van der Waals surface area contributed by atoms with Gasteiger partial charge in [0.05, 0.1) is 0 Å². The Morgan fingerprint density at radius 2 is 1.94 bits per heavy atom. The van der Waals surface area contributed by atoms with Crippen molar-refractivity contribution in [3.63, 3.8) is 0 Å². The number of hydrogen-bond acceptors (Lipinski definition) is 1. The Kier molecular flexibility index (Phi) is 3.88. The van der Waals surface area contributed by atoms with Gasteiger partial charge in [-0.2, -0.15) is 0 Å². The summed E-state index contributed by atoms with van der Waals surface area (Å²) in [6, 6.07) is 10.9. The van der Waals surface area contributed by atoms with E-state index in [2.05, 4.69) is 44.2 Å². The highest BCUT2D eigenvalue weighted by Crippen LogP contribution is 2.42. The van der Waals surface area contributed by atoms with Crippen LogP contribution in [0, 0.1) is 5.92 Å². The molecule has 1 saturated carbocycles. The van der Waals surface area contributed by atoms with Crippen molar-refractivity contribution in [3.8, 4) is 0 Å². The van der Waals surface area contributed by atoms with E-state index in [-0.39, 0.29) is 5.54 Å². The van der Waals surface area contributed by atoms with E-state index in [1.165, 1.54) is 31.2 Å². The van der Waals surface area contributed by atoms with Crippen LogP contribution in [0.5, 0.6) is 0 Å². The Hall–Kier alpha value is -0.820. The molecule has 0 aliphatic heterocycles. The zero-order valence-electron chi connectivity index (χ0n) is 11.2. The van der Waals surface area contributed by atoms with Gasteiger partial charge in [-0.05, 0) is 30.7 Å². The Labute approximate surface area is 105 Å². The normalized spacial score (nSPS) is 29.5. The topological polar surface area (TPSA) is 26.0 Å². The van der Waals surface area contributed by atoms with Gasteiger partial charge in [-0.15, -0.1) is 0 Å². The second-order valence-electron chi connectivity index (χ2n) is 6.04. The van der Waals surface area contributed by atoms with E-state index in [0.29, 0.717) is 11.8 Å². The van der Waals surface area contributed by atoms with E-state index < -0.39 is 0 Å². The molecular weight excluding hydrogens is 206 g/mol. The zero-order chi connectivity index (χ0) is 12.3. The maximum atomic E-state index is 6.74. The smallest absolute Gasteiger partial charge is 0.0226 e. The van der Waals surface area contributed by atoms with Gasteiger partial charge in [0, 0.05) is 11.5 Å². The summed E-state index contributed by atoms with van der Waals surface area (Å²) in [5.41, 5.74) is 8.20. The molecule has 1 aromatic rings. The van der Waals surface area contributed by atoms with Crippen LogP contribution in [0.25, 0.3) is 0 Å². The molecule has 1 heteroatoms. The molecule has 1 nitrogen and oxygen atoms in total. The van der Waals surface area contributed by atoms with Crippen LogP contribution in [0.3, 0.4) is 0 Å². The summed E-state index contributed by atoms with van der Waals surface area (Å²) < 4.78 is 0. The summed E-state index contributed by atoms with van der Waals surface area (Å²) in [5, 5.41) is 0. The van der Waals surface area contributed by atoms with Gasteiger partial charge in [0.1, 0.15) is 0 Å². The molecule has 0 bridgehead atoms. The minimum Gasteiger partial charge on any atom is -0.325 e. The molecule has 17 heavy (non-hydrogen) atoms. The molecule has 1 aliphatic rings. The third-order valence-corrected chi connectivity index (χ3v) is 4.07. The van der Waals surface area contributed by atoms with Crippen LogP contribution in [0.4, 0.5) is 0 Å². The van der Waals surface area contributed by atoms with E-state index in [0.717, 1.165) is 6.42 Å². The van der Waals surface area contributed by atoms with Gasteiger partial charge < -0.3 is 5.73 Å². The first-order chi connectivity index (χ1) is 8.12. The lowest BCUT2D eigenvalue weighted by Crippen LogP contribution is -2.48. The highest BCUT2D eigenvalue weighted by atomic mass is 14.8. The fourth-order valence-electron chi connectivity index (χ4n) is 3.45. The van der Waals surface area contributed by atoms with Gasteiger partial charge in [0.25, 0.3) is 0 Å². The molecule has 0 amide bonds. The fraction of sp³-hybridized carbons (Fsp3) is 0.625. The van der Waals surface area contributed by atoms with E-state index in [9.17, 15) is 0 Å². The molecule has 0 spiro atoms. The van der Waals surface area contributed by atoms with Crippen LogP contribution in [0.15, 0.2) is 30.3 Å². The maximum absolute atomic E-state index is 6.74. The molecule has 0 radical (unpaired) electrons. The molecule has 94 valence electrons. The Balaban J connectivity index is 2.23. The summed E-state index contributed by atoms with van der Waals surface area (Å²) in [6.07, 6.45) is 6.22. The van der Waals surface area contributed by atoms with Crippen molar-refractivity contribution in [2.45, 2.75) is 57.4 Å². The summed E-state index contributed by atoms with van der Waals surface area (Å²) in [7, 11) is 0. The molecule has 2 N–H and O–H groups in total. The average Bonchev–Trinajstić information content (AvgIpc) is 2.29. The van der Waals surface area contributed by atoms with Crippen molar-refractivity contribution in [1.82, 2.24) is 0 Å². The van der Waals surface area contributed by atoms with Gasteiger partial charge in [-0.25, -0.2) is 0 Å². The molecule has 1 fully saturated rings. The third-order valence-electron chi connectivity index (χ3n) is 4.07.